The second-order valence-electron chi connectivity index (χ2n) is 9.22. The van der Waals surface area contributed by atoms with E-state index in [0.29, 0.717) is 11.5 Å². The van der Waals surface area contributed by atoms with Gasteiger partial charge in [-0.05, 0) is 55.2 Å². The Kier molecular flexibility index (Phi) is 8.56. The first kappa shape index (κ1) is 31.1. The molecule has 2 rings (SSSR count). The predicted octanol–water partition coefficient (Wildman–Crippen LogP) is 8.71. The summed E-state index contributed by atoms with van der Waals surface area (Å²) in [7, 11) is 0. The summed E-state index contributed by atoms with van der Waals surface area (Å²) in [5, 5.41) is 0. The zero-order chi connectivity index (χ0) is 28.7. The Bertz CT molecular complexity index is 930. The number of esters is 1. The van der Waals surface area contributed by atoms with Crippen LogP contribution >= 0.6 is 0 Å². The van der Waals surface area contributed by atoms with E-state index in [4.69, 9.17) is 0 Å². The van der Waals surface area contributed by atoms with Crippen molar-refractivity contribution in [3.63, 3.8) is 0 Å². The van der Waals surface area contributed by atoms with E-state index in [1.54, 1.807) is 0 Å². The lowest BCUT2D eigenvalue weighted by atomic mass is 9.77. The van der Waals surface area contributed by atoms with Gasteiger partial charge < -0.3 is 4.74 Å². The summed E-state index contributed by atoms with van der Waals surface area (Å²) in [6, 6.07) is 4.26. The molecular formula is C23H24F12O2. The van der Waals surface area contributed by atoms with Gasteiger partial charge in [-0.1, -0.05) is 31.9 Å². The molecule has 0 aliphatic heterocycles. The predicted molar refractivity (Wildman–Crippen MR) is 107 cm³/mol. The Hall–Kier alpha value is -2.15. The zero-order valence-electron chi connectivity index (χ0n) is 19.6. The number of hydrogen-bond acceptors (Lipinski definition) is 2. The van der Waals surface area contributed by atoms with Crippen molar-refractivity contribution in [2.45, 2.75) is 94.0 Å². The third kappa shape index (κ3) is 5.52. The van der Waals surface area contributed by atoms with E-state index in [1.165, 1.54) is 12.1 Å². The Morgan fingerprint density at radius 1 is 0.757 bits per heavy atom. The fourth-order valence-electron chi connectivity index (χ4n) is 4.18. The fraction of sp³-hybridized carbons (Fsp3) is 0.696. The van der Waals surface area contributed by atoms with E-state index in [9.17, 15) is 57.5 Å². The highest BCUT2D eigenvalue weighted by molar-refractivity contribution is 5.89. The maximum atomic E-state index is 13.9. The summed E-state index contributed by atoms with van der Waals surface area (Å²) in [6.45, 7) is 1.06. The van der Waals surface area contributed by atoms with Crippen molar-refractivity contribution >= 4 is 5.97 Å². The van der Waals surface area contributed by atoms with Crippen LogP contribution in [0.2, 0.25) is 0 Å². The van der Waals surface area contributed by atoms with Gasteiger partial charge in [0.05, 0.1) is 5.56 Å². The van der Waals surface area contributed by atoms with Crippen LogP contribution in [-0.2, 0) is 4.74 Å². The van der Waals surface area contributed by atoms with E-state index >= 15 is 0 Å². The van der Waals surface area contributed by atoms with Crippen molar-refractivity contribution in [2.75, 3.05) is 0 Å². The highest BCUT2D eigenvalue weighted by Gasteiger charge is 2.90. The summed E-state index contributed by atoms with van der Waals surface area (Å²) < 4.78 is 165. The van der Waals surface area contributed by atoms with Crippen LogP contribution in [0.25, 0.3) is 0 Å². The lowest BCUT2D eigenvalue weighted by Gasteiger charge is -2.39. The number of rotatable bonds is 10. The van der Waals surface area contributed by atoms with Gasteiger partial charge >= 0.3 is 41.7 Å². The molecule has 0 bridgehead atoms. The molecule has 212 valence electrons. The molecule has 0 amide bonds. The van der Waals surface area contributed by atoms with Crippen LogP contribution in [0.5, 0.6) is 0 Å². The number of carbonyl (C=O) groups is 1. The first-order chi connectivity index (χ1) is 16.6. The van der Waals surface area contributed by atoms with Gasteiger partial charge in [0.2, 0.25) is 0 Å². The minimum atomic E-state index is -7.78. The maximum Gasteiger partial charge on any atom is 0.473 e. The summed E-state index contributed by atoms with van der Waals surface area (Å²) in [5.41, 5.74) is -0.197. The normalized spacial score (nSPS) is 20.6. The number of hydrogen-bond donors (Lipinski definition) is 0. The molecule has 1 saturated carbocycles. The molecule has 1 fully saturated rings. The van der Waals surface area contributed by atoms with E-state index in [-0.39, 0.29) is 5.92 Å². The highest BCUT2D eigenvalue weighted by Crippen LogP contribution is 2.60. The third-order valence-electron chi connectivity index (χ3n) is 6.48. The quantitative estimate of drug-likeness (QED) is 0.211. The van der Waals surface area contributed by atoms with Crippen molar-refractivity contribution in [2.24, 2.45) is 5.92 Å². The molecule has 1 aromatic carbocycles. The van der Waals surface area contributed by atoms with Crippen LogP contribution in [0.15, 0.2) is 24.3 Å². The summed E-state index contributed by atoms with van der Waals surface area (Å²) in [5.74, 6) is -38.0. The zero-order valence-corrected chi connectivity index (χ0v) is 19.6. The standard InChI is InChI=1S/C23H24F12O2/c1-3-4-13-5-7-14(8-6-13)15-9-11-16(12-10-15)17(36)37-23(34,35)22(32,33)21(30,31)20(28,29)19(26,27)18(2,24)25/h9-14H,3-8H2,1-2H3. The van der Waals surface area contributed by atoms with Crippen LogP contribution in [0.4, 0.5) is 52.7 Å². The molecular weight excluding hydrogens is 536 g/mol. The van der Waals surface area contributed by atoms with E-state index in [1.807, 2.05) is 0 Å². The average molecular weight is 560 g/mol. The first-order valence-electron chi connectivity index (χ1n) is 11.2. The van der Waals surface area contributed by atoms with Crippen molar-refractivity contribution in [3.05, 3.63) is 35.4 Å². The number of halogens is 12. The molecule has 1 aromatic rings. The van der Waals surface area contributed by atoms with Crippen molar-refractivity contribution in [1.82, 2.24) is 0 Å². The molecule has 1 aliphatic rings. The van der Waals surface area contributed by atoms with E-state index < -0.39 is 54.2 Å². The molecule has 0 atom stereocenters. The van der Waals surface area contributed by atoms with Gasteiger partial charge in [-0.2, -0.15) is 52.7 Å². The molecule has 1 aliphatic carbocycles. The molecule has 0 spiro atoms. The largest absolute Gasteiger partial charge is 0.473 e. The average Bonchev–Trinajstić information content (AvgIpc) is 2.78. The summed E-state index contributed by atoms with van der Waals surface area (Å²) in [4.78, 5) is 11.9. The van der Waals surface area contributed by atoms with Crippen molar-refractivity contribution < 1.29 is 62.2 Å². The minimum Gasteiger partial charge on any atom is -0.392 e. The van der Waals surface area contributed by atoms with Gasteiger partial charge in [0.25, 0.3) is 0 Å². The topological polar surface area (TPSA) is 26.3 Å². The van der Waals surface area contributed by atoms with Crippen LogP contribution in [-0.4, -0.2) is 41.7 Å². The van der Waals surface area contributed by atoms with Gasteiger partial charge in [0.1, 0.15) is 0 Å². The highest BCUT2D eigenvalue weighted by atomic mass is 19.4. The SMILES string of the molecule is CCCC1CCC(c2ccc(C(=O)OC(F)(F)C(F)(F)C(F)(F)C(F)(F)C(F)(F)C(C)(F)F)cc2)CC1. The van der Waals surface area contributed by atoms with Gasteiger partial charge in [0, 0.05) is 6.92 Å². The van der Waals surface area contributed by atoms with Gasteiger partial charge in [0.15, 0.2) is 0 Å². The Balaban J connectivity index is 2.21. The molecule has 2 nitrogen and oxygen atoms in total. The van der Waals surface area contributed by atoms with Gasteiger partial charge in [-0.3, -0.25) is 0 Å². The van der Waals surface area contributed by atoms with Crippen molar-refractivity contribution in [1.29, 1.82) is 0 Å². The molecule has 0 unspecified atom stereocenters. The summed E-state index contributed by atoms with van der Waals surface area (Å²) >= 11 is 0. The van der Waals surface area contributed by atoms with Gasteiger partial charge in [-0.25, -0.2) is 4.79 Å². The van der Waals surface area contributed by atoms with Crippen molar-refractivity contribution in [3.8, 4) is 0 Å². The molecule has 0 aromatic heterocycles. The second kappa shape index (κ2) is 10.2. The Labute approximate surface area is 204 Å². The number of benzene rings is 1. The second-order valence-corrected chi connectivity index (χ2v) is 9.22. The van der Waals surface area contributed by atoms with Crippen LogP contribution < -0.4 is 0 Å². The van der Waals surface area contributed by atoms with E-state index in [0.717, 1.165) is 50.7 Å². The summed E-state index contributed by atoms with van der Waals surface area (Å²) in [6.07, 6.45) is -1.32. The molecule has 0 saturated heterocycles. The van der Waals surface area contributed by atoms with Gasteiger partial charge in [-0.15, -0.1) is 0 Å². The van der Waals surface area contributed by atoms with Crippen LogP contribution in [0.1, 0.15) is 74.2 Å². The molecule has 37 heavy (non-hydrogen) atoms. The van der Waals surface area contributed by atoms with Crippen LogP contribution in [0, 0.1) is 5.92 Å². The lowest BCUT2D eigenvalue weighted by Crippen LogP contribution is -2.70. The van der Waals surface area contributed by atoms with E-state index in [2.05, 4.69) is 11.7 Å². The first-order valence-corrected chi connectivity index (χ1v) is 11.2. The lowest BCUT2D eigenvalue weighted by molar-refractivity contribution is -0.448. The molecule has 0 N–H and O–H groups in total. The van der Waals surface area contributed by atoms with Crippen LogP contribution in [0.3, 0.4) is 0 Å². The number of alkyl halides is 12. The number of carbonyl (C=O) groups excluding carboxylic acids is 1. The molecule has 0 radical (unpaired) electrons. The molecule has 14 heteroatoms. The Morgan fingerprint density at radius 2 is 1.22 bits per heavy atom. The Morgan fingerprint density at radius 3 is 1.65 bits per heavy atom. The minimum absolute atomic E-state index is 0.0447. The smallest absolute Gasteiger partial charge is 0.392 e. The maximum absolute atomic E-state index is 13.9. The third-order valence-corrected chi connectivity index (χ3v) is 6.48. The fourth-order valence-corrected chi connectivity index (χ4v) is 4.18. The number of ether oxygens (including phenoxy) is 1. The molecule has 0 heterocycles. The monoisotopic (exact) mass is 560 g/mol.